The van der Waals surface area contributed by atoms with Gasteiger partial charge in [0, 0.05) is 42.6 Å². The molecule has 1 saturated heterocycles. The molecule has 1 unspecified atom stereocenters. The summed E-state index contributed by atoms with van der Waals surface area (Å²) in [4.78, 5) is 37.3. The summed E-state index contributed by atoms with van der Waals surface area (Å²) in [6.45, 7) is 6.57. The average molecular weight is 593 g/mol. The number of carbonyl (C=O) groups is 1. The van der Waals surface area contributed by atoms with E-state index in [2.05, 4.69) is 38.1 Å². The second kappa shape index (κ2) is 11.0. The Hall–Kier alpha value is -3.18. The minimum atomic E-state index is -4.85. The van der Waals surface area contributed by atoms with Crippen LogP contribution in [0.1, 0.15) is 69.8 Å². The van der Waals surface area contributed by atoms with Gasteiger partial charge >= 0.3 is 6.18 Å². The number of benzene rings is 1. The lowest BCUT2D eigenvalue weighted by atomic mass is 9.93. The van der Waals surface area contributed by atoms with Gasteiger partial charge in [-0.3, -0.25) is 9.59 Å². The average Bonchev–Trinajstić information content (AvgIpc) is 3.55. The highest BCUT2D eigenvalue weighted by Crippen LogP contribution is 2.36. The van der Waals surface area contributed by atoms with E-state index in [0.29, 0.717) is 38.4 Å². The first-order chi connectivity index (χ1) is 18.9. The number of alkyl halides is 3. The molecule has 2 aromatic heterocycles. The van der Waals surface area contributed by atoms with Crippen molar-refractivity contribution in [2.45, 2.75) is 64.8 Å². The fraction of sp³-hybridized carbons (Fsp3) is 0.429. The summed E-state index contributed by atoms with van der Waals surface area (Å²) >= 11 is 7.34. The van der Waals surface area contributed by atoms with Gasteiger partial charge in [0.25, 0.3) is 5.56 Å². The molecule has 12 heteroatoms. The molecule has 0 spiro atoms. The molecule has 40 heavy (non-hydrogen) atoms. The van der Waals surface area contributed by atoms with Gasteiger partial charge in [-0.25, -0.2) is 4.98 Å². The monoisotopic (exact) mass is 592 g/mol. The van der Waals surface area contributed by atoms with E-state index >= 15 is 0 Å². The number of halogens is 4. The summed E-state index contributed by atoms with van der Waals surface area (Å²) in [5.41, 5.74) is 3.66. The maximum absolute atomic E-state index is 13.2. The van der Waals surface area contributed by atoms with Crippen molar-refractivity contribution in [2.75, 3.05) is 13.1 Å². The van der Waals surface area contributed by atoms with E-state index in [1.807, 2.05) is 5.38 Å². The molecule has 212 valence electrons. The predicted octanol–water partition coefficient (Wildman–Crippen LogP) is 6.17. The van der Waals surface area contributed by atoms with Crippen LogP contribution in [0.4, 0.5) is 13.2 Å². The van der Waals surface area contributed by atoms with Crippen LogP contribution >= 0.6 is 22.9 Å². The van der Waals surface area contributed by atoms with Crippen LogP contribution in [0.25, 0.3) is 0 Å². The Morgan fingerprint density at radius 1 is 1.15 bits per heavy atom. The van der Waals surface area contributed by atoms with Gasteiger partial charge in [-0.05, 0) is 50.8 Å². The lowest BCUT2D eigenvalue weighted by Crippen LogP contribution is -2.41. The van der Waals surface area contributed by atoms with Crippen LogP contribution in [0.15, 0.2) is 39.7 Å². The predicted molar refractivity (Wildman–Crippen MR) is 147 cm³/mol. The van der Waals surface area contributed by atoms with Crippen molar-refractivity contribution in [1.82, 2.24) is 14.5 Å². The number of hydrogen-bond acceptors (Lipinski definition) is 6. The van der Waals surface area contributed by atoms with E-state index in [9.17, 15) is 22.8 Å². The molecular weight excluding hydrogens is 565 g/mol. The molecule has 0 radical (unpaired) electrons. The van der Waals surface area contributed by atoms with Crippen molar-refractivity contribution in [2.24, 2.45) is 5.16 Å². The molecule has 1 amide bonds. The normalized spacial score (nSPS) is 18.1. The Labute approximate surface area is 238 Å². The highest BCUT2D eigenvalue weighted by molar-refractivity contribution is 7.10. The highest BCUT2D eigenvalue weighted by atomic mass is 35.5. The third-order valence-corrected chi connectivity index (χ3v) is 8.62. The number of piperidine rings is 1. The minimum absolute atomic E-state index is 0.144. The Bertz CT molecular complexity index is 1520. The van der Waals surface area contributed by atoms with Gasteiger partial charge < -0.3 is 14.3 Å². The SMILES string of the molecule is Cc1cc(C)c(C2CC(c3csc(C4CCN(C(=O)Cn5cc(Cl)cc(C(F)(F)F)c5=O)CC4)n3)=NO2)c(C)c1. The van der Waals surface area contributed by atoms with Crippen molar-refractivity contribution < 1.29 is 22.8 Å². The Kier molecular flexibility index (Phi) is 7.80. The number of pyridine rings is 1. The minimum Gasteiger partial charge on any atom is -0.387 e. The topological polar surface area (TPSA) is 76.8 Å². The molecule has 7 nitrogen and oxygen atoms in total. The lowest BCUT2D eigenvalue weighted by molar-refractivity contribution is -0.139. The molecule has 0 N–H and O–H groups in total. The standard InChI is InChI=1S/C28H28ClF3N4O3S/c1-15-8-16(2)25(17(3)9-15)23-11-21(34-39-23)22-14-40-26(33-22)18-4-6-35(7-5-18)24(37)13-36-12-19(29)10-20(27(36)38)28(30,31)32/h8-10,12,14,18,23H,4-7,11,13H2,1-3H3. The second-order valence-electron chi connectivity index (χ2n) is 10.4. The number of carbonyl (C=O) groups excluding carboxylic acids is 1. The summed E-state index contributed by atoms with van der Waals surface area (Å²) in [5, 5.41) is 7.02. The molecule has 0 saturated carbocycles. The molecule has 0 bridgehead atoms. The van der Waals surface area contributed by atoms with E-state index in [0.717, 1.165) is 32.7 Å². The molecule has 1 aromatic carbocycles. The lowest BCUT2D eigenvalue weighted by Gasteiger charge is -2.31. The van der Waals surface area contributed by atoms with E-state index in [-0.39, 0.29) is 17.0 Å². The summed E-state index contributed by atoms with van der Waals surface area (Å²) in [5.74, 6) is -0.283. The third-order valence-electron chi connectivity index (χ3n) is 7.41. The first-order valence-corrected chi connectivity index (χ1v) is 14.2. The number of hydrogen-bond donors (Lipinski definition) is 0. The van der Waals surface area contributed by atoms with E-state index in [1.165, 1.54) is 16.7 Å². The maximum Gasteiger partial charge on any atom is 0.421 e. The van der Waals surface area contributed by atoms with Gasteiger partial charge in [-0.15, -0.1) is 11.3 Å². The fourth-order valence-corrected chi connectivity index (χ4v) is 6.76. The van der Waals surface area contributed by atoms with Crippen LogP contribution in [-0.2, 0) is 22.4 Å². The summed E-state index contributed by atoms with van der Waals surface area (Å²) in [7, 11) is 0. The molecule has 0 aliphatic carbocycles. The first-order valence-electron chi connectivity index (χ1n) is 12.9. The maximum atomic E-state index is 13.2. The van der Waals surface area contributed by atoms with Gasteiger partial charge in [0.2, 0.25) is 5.91 Å². The summed E-state index contributed by atoms with van der Waals surface area (Å²) in [6, 6.07) is 4.87. The molecule has 1 fully saturated rings. The third kappa shape index (κ3) is 5.81. The molecule has 5 rings (SSSR count). The largest absolute Gasteiger partial charge is 0.421 e. The van der Waals surface area contributed by atoms with Gasteiger partial charge in [0.15, 0.2) is 6.10 Å². The number of likely N-dealkylation sites (tertiary alicyclic amines) is 1. The molecule has 3 aromatic rings. The van der Waals surface area contributed by atoms with Crippen LogP contribution in [-0.4, -0.2) is 39.2 Å². The fourth-order valence-electron chi connectivity index (χ4n) is 5.53. The van der Waals surface area contributed by atoms with E-state index in [1.54, 1.807) is 16.2 Å². The van der Waals surface area contributed by atoms with Crippen molar-refractivity contribution in [1.29, 1.82) is 0 Å². The van der Waals surface area contributed by atoms with Crippen molar-refractivity contribution in [3.8, 4) is 0 Å². The number of nitrogens with zero attached hydrogens (tertiary/aromatic N) is 4. The highest BCUT2D eigenvalue weighted by Gasteiger charge is 2.36. The Morgan fingerprint density at radius 3 is 2.48 bits per heavy atom. The van der Waals surface area contributed by atoms with Crippen LogP contribution in [0.2, 0.25) is 5.02 Å². The van der Waals surface area contributed by atoms with E-state index in [4.69, 9.17) is 21.4 Å². The smallest absolute Gasteiger partial charge is 0.387 e. The number of oxime groups is 1. The number of aromatic nitrogens is 2. The number of aryl methyl sites for hydroxylation is 3. The molecule has 2 aliphatic heterocycles. The van der Waals surface area contributed by atoms with Crippen LogP contribution in [0, 0.1) is 20.8 Å². The number of rotatable bonds is 5. The van der Waals surface area contributed by atoms with Crippen LogP contribution < -0.4 is 5.56 Å². The summed E-state index contributed by atoms with van der Waals surface area (Å²) in [6.07, 6.45) is -1.99. The summed E-state index contributed by atoms with van der Waals surface area (Å²) < 4.78 is 40.2. The van der Waals surface area contributed by atoms with Crippen molar-refractivity contribution in [3.05, 3.63) is 83.7 Å². The molecular formula is C28H28ClF3N4O3S. The Morgan fingerprint density at radius 2 is 1.82 bits per heavy atom. The van der Waals surface area contributed by atoms with Gasteiger partial charge in [0.05, 0.1) is 15.7 Å². The molecule has 2 aliphatic rings. The quantitative estimate of drug-likeness (QED) is 0.355. The second-order valence-corrected chi connectivity index (χ2v) is 11.7. The Balaban J connectivity index is 1.19. The zero-order chi connectivity index (χ0) is 28.8. The van der Waals surface area contributed by atoms with Crippen molar-refractivity contribution >= 4 is 34.6 Å². The van der Waals surface area contributed by atoms with Crippen LogP contribution in [0.5, 0.6) is 0 Å². The van der Waals surface area contributed by atoms with Crippen LogP contribution in [0.3, 0.4) is 0 Å². The van der Waals surface area contributed by atoms with Gasteiger partial charge in [-0.1, -0.05) is 34.5 Å². The zero-order valence-electron chi connectivity index (χ0n) is 22.2. The van der Waals surface area contributed by atoms with Gasteiger partial charge in [-0.2, -0.15) is 13.2 Å². The van der Waals surface area contributed by atoms with Gasteiger partial charge in [0.1, 0.15) is 17.8 Å². The van der Waals surface area contributed by atoms with Crippen molar-refractivity contribution in [3.63, 3.8) is 0 Å². The zero-order valence-corrected chi connectivity index (χ0v) is 23.8. The molecule has 1 atom stereocenters. The van der Waals surface area contributed by atoms with E-state index < -0.39 is 29.8 Å². The number of thiazole rings is 1. The number of amides is 1. The first kappa shape index (κ1) is 28.4. The molecule has 4 heterocycles.